The van der Waals surface area contributed by atoms with E-state index in [1.165, 1.54) is 0 Å². The molecular formula is C18H23N4O+. The number of azo groups is 1. The van der Waals surface area contributed by atoms with Crippen molar-refractivity contribution in [2.75, 3.05) is 33.4 Å². The van der Waals surface area contributed by atoms with Gasteiger partial charge in [0, 0.05) is 11.3 Å². The highest BCUT2D eigenvalue weighted by atomic mass is 16.1. The van der Waals surface area contributed by atoms with E-state index in [0.29, 0.717) is 28.0 Å². The molecule has 0 saturated carbocycles. The van der Waals surface area contributed by atoms with Gasteiger partial charge in [0.15, 0.2) is 0 Å². The molecule has 0 aliphatic rings. The Kier molecular flexibility index (Phi) is 4.91. The molecule has 0 fully saturated rings. The predicted molar refractivity (Wildman–Crippen MR) is 93.4 cm³/mol. The Morgan fingerprint density at radius 3 is 2.26 bits per heavy atom. The Morgan fingerprint density at radius 2 is 1.70 bits per heavy atom. The first-order chi connectivity index (χ1) is 10.7. The van der Waals surface area contributed by atoms with Crippen LogP contribution >= 0.6 is 0 Å². The summed E-state index contributed by atoms with van der Waals surface area (Å²) in [7, 11) is 5.99. The lowest BCUT2D eigenvalue weighted by atomic mass is 10.1. The van der Waals surface area contributed by atoms with E-state index in [-0.39, 0.29) is 5.78 Å². The predicted octanol–water partition coefficient (Wildman–Crippen LogP) is 3.88. The zero-order chi connectivity index (χ0) is 17.0. The van der Waals surface area contributed by atoms with Crippen molar-refractivity contribution in [3.63, 3.8) is 0 Å². The highest BCUT2D eigenvalue weighted by Gasteiger charge is 2.15. The van der Waals surface area contributed by atoms with Crippen molar-refractivity contribution in [1.82, 2.24) is 0 Å². The summed E-state index contributed by atoms with van der Waals surface area (Å²) in [4.78, 5) is 12.1. The van der Waals surface area contributed by atoms with Gasteiger partial charge in [0.25, 0.3) is 0 Å². The minimum atomic E-state index is 0.121. The molecule has 0 heterocycles. The summed E-state index contributed by atoms with van der Waals surface area (Å²) in [6.07, 6.45) is 0. The maximum atomic E-state index is 12.1. The number of ketones is 1. The fourth-order valence-electron chi connectivity index (χ4n) is 2.14. The summed E-state index contributed by atoms with van der Waals surface area (Å²) in [6, 6.07) is 12.7. The van der Waals surface area contributed by atoms with Gasteiger partial charge >= 0.3 is 0 Å². The number of Topliss-reactive ketones (excluding diaryl/α,β-unsaturated/α-hetero) is 1. The number of rotatable bonds is 5. The quantitative estimate of drug-likeness (QED) is 0.394. The number of nitrogens with two attached hydrogens (primary N) is 1. The van der Waals surface area contributed by atoms with Gasteiger partial charge in [-0.15, -0.1) is 0 Å². The van der Waals surface area contributed by atoms with Crippen LogP contribution in [0.4, 0.5) is 17.1 Å². The van der Waals surface area contributed by atoms with Crippen LogP contribution in [0.3, 0.4) is 0 Å². The highest BCUT2D eigenvalue weighted by molar-refractivity contribution is 5.97. The second-order valence-electron chi connectivity index (χ2n) is 6.66. The third-order valence-electron chi connectivity index (χ3n) is 3.30. The van der Waals surface area contributed by atoms with Crippen LogP contribution in [0.1, 0.15) is 15.9 Å². The lowest BCUT2D eigenvalue weighted by Gasteiger charge is -2.22. The van der Waals surface area contributed by atoms with E-state index in [9.17, 15) is 4.79 Å². The van der Waals surface area contributed by atoms with E-state index < -0.39 is 0 Å². The smallest absolute Gasteiger partial charge is 0.216 e. The molecular weight excluding hydrogens is 288 g/mol. The number of likely N-dealkylation sites (N-methyl/N-ethyl adjacent to an activating group) is 1. The molecule has 0 radical (unpaired) electrons. The first kappa shape index (κ1) is 16.8. The van der Waals surface area contributed by atoms with Crippen LogP contribution in [0.2, 0.25) is 0 Å². The molecule has 0 aliphatic carbocycles. The van der Waals surface area contributed by atoms with Crippen molar-refractivity contribution < 1.29 is 9.28 Å². The molecule has 0 saturated heterocycles. The highest BCUT2D eigenvalue weighted by Crippen LogP contribution is 2.24. The number of hydrogen-bond donors (Lipinski definition) is 1. The van der Waals surface area contributed by atoms with Gasteiger partial charge in [-0.05, 0) is 55.0 Å². The van der Waals surface area contributed by atoms with Gasteiger partial charge in [0.1, 0.15) is 6.54 Å². The number of quaternary nitrogens is 1. The van der Waals surface area contributed by atoms with Gasteiger partial charge < -0.3 is 10.2 Å². The molecule has 0 bridgehead atoms. The van der Waals surface area contributed by atoms with Gasteiger partial charge in [-0.3, -0.25) is 4.79 Å². The lowest BCUT2D eigenvalue weighted by molar-refractivity contribution is -0.861. The number of anilines is 1. The molecule has 2 aromatic carbocycles. The SMILES string of the molecule is Cc1cc(N)ccc1N=Nc1ccc(C(=O)C[N+](C)(C)C)cc1. The normalized spacial score (nSPS) is 11.8. The van der Waals surface area contributed by atoms with E-state index in [1.807, 2.05) is 40.2 Å². The number of nitrogen functional groups attached to an aromatic ring is 1. The van der Waals surface area contributed by atoms with Crippen LogP contribution in [0.25, 0.3) is 0 Å². The van der Waals surface area contributed by atoms with Gasteiger partial charge in [-0.2, -0.15) is 10.2 Å². The standard InChI is InChI=1S/C18H22N4O/c1-13-11-15(19)7-10-17(13)21-20-16-8-5-14(6-9-16)18(23)12-22(2,3)4/h5-11H,12H2,1-4H3,(H-,19,20,23)/p+1. The molecule has 0 amide bonds. The fourth-order valence-corrected chi connectivity index (χ4v) is 2.14. The Bertz CT molecular complexity index is 728. The molecule has 2 aromatic rings. The Balaban J connectivity index is 2.11. The van der Waals surface area contributed by atoms with Crippen molar-refractivity contribution in [3.05, 3.63) is 53.6 Å². The van der Waals surface area contributed by atoms with Gasteiger partial charge in [0.2, 0.25) is 5.78 Å². The van der Waals surface area contributed by atoms with E-state index in [4.69, 9.17) is 5.73 Å². The fraction of sp³-hybridized carbons (Fsp3) is 0.278. The monoisotopic (exact) mass is 311 g/mol. The zero-order valence-electron chi connectivity index (χ0n) is 14.1. The van der Waals surface area contributed by atoms with Gasteiger partial charge in [-0.25, -0.2) is 0 Å². The Hall–Kier alpha value is -2.53. The third-order valence-corrected chi connectivity index (χ3v) is 3.30. The molecule has 0 spiro atoms. The summed E-state index contributed by atoms with van der Waals surface area (Å²) in [6.45, 7) is 2.41. The van der Waals surface area contributed by atoms with E-state index in [1.54, 1.807) is 30.3 Å². The summed E-state index contributed by atoms with van der Waals surface area (Å²) in [5, 5.41) is 8.44. The Labute approximate surface area is 137 Å². The maximum Gasteiger partial charge on any atom is 0.216 e. The molecule has 2 N–H and O–H groups in total. The van der Waals surface area contributed by atoms with E-state index in [0.717, 1.165) is 11.3 Å². The second kappa shape index (κ2) is 6.71. The summed E-state index contributed by atoms with van der Waals surface area (Å²) in [5.74, 6) is 0.121. The first-order valence-corrected chi connectivity index (χ1v) is 7.46. The van der Waals surface area contributed by atoms with Crippen LogP contribution in [0.5, 0.6) is 0 Å². The molecule has 23 heavy (non-hydrogen) atoms. The molecule has 5 nitrogen and oxygen atoms in total. The van der Waals surface area contributed by atoms with Crippen molar-refractivity contribution >= 4 is 22.8 Å². The van der Waals surface area contributed by atoms with Crippen molar-refractivity contribution in [3.8, 4) is 0 Å². The number of benzene rings is 2. The van der Waals surface area contributed by atoms with Gasteiger partial charge in [0.05, 0.1) is 32.5 Å². The molecule has 0 aliphatic heterocycles. The number of aryl methyl sites for hydroxylation is 1. The molecule has 120 valence electrons. The number of carbonyl (C=O) groups is 1. The molecule has 2 rings (SSSR count). The zero-order valence-corrected chi connectivity index (χ0v) is 14.1. The topological polar surface area (TPSA) is 67.8 Å². The minimum absolute atomic E-state index is 0.121. The maximum absolute atomic E-state index is 12.1. The second-order valence-corrected chi connectivity index (χ2v) is 6.66. The Morgan fingerprint density at radius 1 is 1.04 bits per heavy atom. The van der Waals surface area contributed by atoms with E-state index in [2.05, 4.69) is 10.2 Å². The molecule has 0 atom stereocenters. The van der Waals surface area contributed by atoms with Crippen LogP contribution in [-0.4, -0.2) is 38.0 Å². The minimum Gasteiger partial charge on any atom is -0.399 e. The average Bonchev–Trinajstić information content (AvgIpc) is 2.45. The van der Waals surface area contributed by atoms with Crippen molar-refractivity contribution in [2.45, 2.75) is 6.92 Å². The largest absolute Gasteiger partial charge is 0.399 e. The number of hydrogen-bond acceptors (Lipinski definition) is 4. The summed E-state index contributed by atoms with van der Waals surface area (Å²) < 4.78 is 0.608. The van der Waals surface area contributed by atoms with Crippen LogP contribution in [0, 0.1) is 6.92 Å². The molecule has 5 heteroatoms. The third kappa shape index (κ3) is 5.00. The van der Waals surface area contributed by atoms with Crippen molar-refractivity contribution in [2.24, 2.45) is 10.2 Å². The summed E-state index contributed by atoms with van der Waals surface area (Å²) >= 11 is 0. The summed E-state index contributed by atoms with van der Waals surface area (Å²) in [5.41, 5.74) is 9.59. The average molecular weight is 311 g/mol. The molecule has 0 aromatic heterocycles. The van der Waals surface area contributed by atoms with Crippen LogP contribution in [-0.2, 0) is 0 Å². The molecule has 0 unspecified atom stereocenters. The first-order valence-electron chi connectivity index (χ1n) is 7.46. The van der Waals surface area contributed by atoms with Crippen molar-refractivity contribution in [1.29, 1.82) is 0 Å². The van der Waals surface area contributed by atoms with Crippen LogP contribution < -0.4 is 5.73 Å². The lowest BCUT2D eigenvalue weighted by Crippen LogP contribution is -2.39. The number of carbonyl (C=O) groups excluding carboxylic acids is 1. The van der Waals surface area contributed by atoms with Gasteiger partial charge in [-0.1, -0.05) is 0 Å². The number of nitrogens with zero attached hydrogens (tertiary/aromatic N) is 3. The van der Waals surface area contributed by atoms with E-state index >= 15 is 0 Å². The van der Waals surface area contributed by atoms with Crippen LogP contribution in [0.15, 0.2) is 52.7 Å².